The summed E-state index contributed by atoms with van der Waals surface area (Å²) in [6.07, 6.45) is 4.50. The highest BCUT2D eigenvalue weighted by atomic mass is 16.6. The van der Waals surface area contributed by atoms with Gasteiger partial charge in [0, 0.05) is 18.5 Å². The van der Waals surface area contributed by atoms with Gasteiger partial charge in [0.2, 0.25) is 5.91 Å². The van der Waals surface area contributed by atoms with Crippen LogP contribution in [0.25, 0.3) is 0 Å². The Kier molecular flexibility index (Phi) is 5.11. The fourth-order valence-corrected chi connectivity index (χ4v) is 4.74. The number of hydrogen-bond donors (Lipinski definition) is 1. The van der Waals surface area contributed by atoms with Gasteiger partial charge < -0.3 is 15.5 Å². The van der Waals surface area contributed by atoms with Gasteiger partial charge in [-0.1, -0.05) is 41.9 Å². The van der Waals surface area contributed by atoms with Crippen LogP contribution in [0.5, 0.6) is 0 Å². The standard InChI is InChI=1S/C20H27N5O2/c1-24-12-10-15(14-7-3-2-4-8-14)19-17(24)9-5-6-11-25(19)18(26)13-16-20(21)23-27-22-16/h2-4,7-8,15,17,19H,5-6,9-13H2,1H3,(H2,21,23)/t15-,17-,19-/m1/s1. The Hall–Kier alpha value is -2.41. The fourth-order valence-electron chi connectivity index (χ4n) is 4.74. The molecule has 0 saturated carbocycles. The number of nitrogen functional groups attached to an aromatic ring is 1. The van der Waals surface area contributed by atoms with Crippen molar-refractivity contribution in [2.75, 3.05) is 25.9 Å². The van der Waals surface area contributed by atoms with Gasteiger partial charge in [-0.15, -0.1) is 0 Å². The average molecular weight is 369 g/mol. The van der Waals surface area contributed by atoms with Crippen LogP contribution in [0.1, 0.15) is 42.9 Å². The minimum atomic E-state index is 0.0607. The van der Waals surface area contributed by atoms with Gasteiger partial charge in [0.15, 0.2) is 5.82 Å². The maximum atomic E-state index is 13.3. The average Bonchev–Trinajstić information content (AvgIpc) is 2.94. The van der Waals surface area contributed by atoms with Crippen LogP contribution in [-0.2, 0) is 11.2 Å². The van der Waals surface area contributed by atoms with E-state index in [2.05, 4.69) is 56.1 Å². The van der Waals surface area contributed by atoms with Crippen molar-refractivity contribution in [1.29, 1.82) is 0 Å². The number of anilines is 1. The third-order valence-corrected chi connectivity index (χ3v) is 6.13. The van der Waals surface area contributed by atoms with Crippen LogP contribution in [0.2, 0.25) is 0 Å². The Labute approximate surface area is 159 Å². The lowest BCUT2D eigenvalue weighted by atomic mass is 9.79. The first-order valence-corrected chi connectivity index (χ1v) is 9.76. The molecule has 7 nitrogen and oxygen atoms in total. The molecule has 1 amide bonds. The number of benzene rings is 1. The summed E-state index contributed by atoms with van der Waals surface area (Å²) in [6, 6.07) is 11.2. The van der Waals surface area contributed by atoms with Crippen molar-refractivity contribution in [3.8, 4) is 0 Å². The molecule has 3 atom stereocenters. The Morgan fingerprint density at radius 2 is 2.00 bits per heavy atom. The maximum Gasteiger partial charge on any atom is 0.229 e. The van der Waals surface area contributed by atoms with E-state index < -0.39 is 0 Å². The summed E-state index contributed by atoms with van der Waals surface area (Å²) >= 11 is 0. The molecular formula is C20H27N5O2. The SMILES string of the molecule is CN1CC[C@H](c2ccccc2)[C@@H]2[C@H]1CCCCN2C(=O)Cc1nonc1N. The van der Waals surface area contributed by atoms with Gasteiger partial charge in [-0.2, -0.15) is 0 Å². The smallest absolute Gasteiger partial charge is 0.229 e. The summed E-state index contributed by atoms with van der Waals surface area (Å²) in [6.45, 7) is 1.84. The number of nitrogens with two attached hydrogens (primary N) is 1. The van der Waals surface area contributed by atoms with E-state index in [0.717, 1.165) is 38.8 Å². The van der Waals surface area contributed by atoms with E-state index in [1.807, 2.05) is 6.07 Å². The van der Waals surface area contributed by atoms with E-state index in [1.165, 1.54) is 5.56 Å². The molecule has 0 radical (unpaired) electrons. The lowest BCUT2D eigenvalue weighted by molar-refractivity contribution is -0.135. The highest BCUT2D eigenvalue weighted by Gasteiger charge is 2.43. The number of aromatic nitrogens is 2. The van der Waals surface area contributed by atoms with Crippen molar-refractivity contribution in [1.82, 2.24) is 20.1 Å². The van der Waals surface area contributed by atoms with E-state index in [9.17, 15) is 4.79 Å². The lowest BCUT2D eigenvalue weighted by Crippen LogP contribution is -2.58. The first-order valence-electron chi connectivity index (χ1n) is 9.76. The first kappa shape index (κ1) is 18.0. The van der Waals surface area contributed by atoms with Crippen LogP contribution in [-0.4, -0.2) is 58.2 Å². The van der Waals surface area contributed by atoms with E-state index >= 15 is 0 Å². The van der Waals surface area contributed by atoms with Crippen LogP contribution in [0.4, 0.5) is 5.82 Å². The van der Waals surface area contributed by atoms with Gasteiger partial charge in [-0.3, -0.25) is 4.79 Å². The molecular weight excluding hydrogens is 342 g/mol. The molecule has 1 aromatic carbocycles. The van der Waals surface area contributed by atoms with Gasteiger partial charge in [0.25, 0.3) is 0 Å². The molecule has 144 valence electrons. The Bertz CT molecular complexity index is 778. The molecule has 0 aliphatic carbocycles. The predicted octanol–water partition coefficient (Wildman–Crippen LogP) is 2.06. The molecule has 7 heteroatoms. The zero-order valence-corrected chi connectivity index (χ0v) is 15.8. The number of rotatable bonds is 3. The van der Waals surface area contributed by atoms with Crippen molar-refractivity contribution in [2.24, 2.45) is 0 Å². The zero-order chi connectivity index (χ0) is 18.8. The van der Waals surface area contributed by atoms with Crippen LogP contribution < -0.4 is 5.73 Å². The molecule has 2 aliphatic heterocycles. The van der Waals surface area contributed by atoms with Crippen molar-refractivity contribution in [3.05, 3.63) is 41.6 Å². The monoisotopic (exact) mass is 369 g/mol. The van der Waals surface area contributed by atoms with Gasteiger partial charge in [0.1, 0.15) is 5.69 Å². The zero-order valence-electron chi connectivity index (χ0n) is 15.8. The van der Waals surface area contributed by atoms with Gasteiger partial charge in [0.05, 0.1) is 12.5 Å². The Morgan fingerprint density at radius 3 is 2.74 bits per heavy atom. The third kappa shape index (κ3) is 3.56. The quantitative estimate of drug-likeness (QED) is 0.891. The largest absolute Gasteiger partial charge is 0.379 e. The van der Waals surface area contributed by atoms with Crippen molar-refractivity contribution in [2.45, 2.75) is 50.1 Å². The van der Waals surface area contributed by atoms with E-state index in [1.54, 1.807) is 0 Å². The molecule has 4 rings (SSSR count). The number of likely N-dealkylation sites (N-methyl/N-ethyl adjacent to an activating group) is 1. The summed E-state index contributed by atoms with van der Waals surface area (Å²) in [5.74, 6) is 0.614. The molecule has 2 aromatic rings. The van der Waals surface area contributed by atoms with E-state index in [-0.39, 0.29) is 24.2 Å². The van der Waals surface area contributed by atoms with Gasteiger partial charge >= 0.3 is 0 Å². The van der Waals surface area contributed by atoms with E-state index in [4.69, 9.17) is 5.73 Å². The number of likely N-dealkylation sites (tertiary alicyclic amines) is 2. The number of fused-ring (bicyclic) bond motifs is 1. The predicted molar refractivity (Wildman–Crippen MR) is 102 cm³/mol. The number of carbonyl (C=O) groups excluding carboxylic acids is 1. The molecule has 1 aromatic heterocycles. The number of carbonyl (C=O) groups is 1. The minimum Gasteiger partial charge on any atom is -0.379 e. The molecule has 3 heterocycles. The fraction of sp³-hybridized carbons (Fsp3) is 0.550. The highest BCUT2D eigenvalue weighted by molar-refractivity contribution is 5.80. The summed E-state index contributed by atoms with van der Waals surface area (Å²) in [5, 5.41) is 7.40. The lowest BCUT2D eigenvalue weighted by Gasteiger charge is -2.48. The summed E-state index contributed by atoms with van der Waals surface area (Å²) in [4.78, 5) is 17.8. The molecule has 0 bridgehead atoms. The summed E-state index contributed by atoms with van der Waals surface area (Å²) in [5.41, 5.74) is 7.53. The van der Waals surface area contributed by atoms with Gasteiger partial charge in [-0.25, -0.2) is 4.63 Å². The number of piperidine rings is 1. The molecule has 2 saturated heterocycles. The van der Waals surface area contributed by atoms with Crippen LogP contribution >= 0.6 is 0 Å². The van der Waals surface area contributed by atoms with Crippen molar-refractivity contribution >= 4 is 11.7 Å². The van der Waals surface area contributed by atoms with E-state index in [0.29, 0.717) is 17.7 Å². The second-order valence-electron chi connectivity index (χ2n) is 7.70. The summed E-state index contributed by atoms with van der Waals surface area (Å²) < 4.78 is 4.67. The molecule has 2 fully saturated rings. The molecule has 2 N–H and O–H groups in total. The Balaban J connectivity index is 1.65. The normalized spacial score (nSPS) is 26.4. The second-order valence-corrected chi connectivity index (χ2v) is 7.70. The van der Waals surface area contributed by atoms with Gasteiger partial charge in [-0.05, 0) is 43.6 Å². The second kappa shape index (κ2) is 7.68. The van der Waals surface area contributed by atoms with Crippen LogP contribution in [0, 0.1) is 0 Å². The minimum absolute atomic E-state index is 0.0607. The van der Waals surface area contributed by atoms with Crippen molar-refractivity contribution < 1.29 is 9.42 Å². The molecule has 27 heavy (non-hydrogen) atoms. The molecule has 2 aliphatic rings. The maximum absolute atomic E-state index is 13.3. The number of hydrogen-bond acceptors (Lipinski definition) is 6. The number of nitrogens with zero attached hydrogens (tertiary/aromatic N) is 4. The molecule has 0 spiro atoms. The topological polar surface area (TPSA) is 88.5 Å². The van der Waals surface area contributed by atoms with Crippen LogP contribution in [0.3, 0.4) is 0 Å². The van der Waals surface area contributed by atoms with Crippen LogP contribution in [0.15, 0.2) is 35.0 Å². The third-order valence-electron chi connectivity index (χ3n) is 6.13. The highest BCUT2D eigenvalue weighted by Crippen LogP contribution is 2.38. The first-order chi connectivity index (χ1) is 13.1. The van der Waals surface area contributed by atoms with Crippen molar-refractivity contribution in [3.63, 3.8) is 0 Å². The Morgan fingerprint density at radius 1 is 1.19 bits per heavy atom. The summed E-state index contributed by atoms with van der Waals surface area (Å²) in [7, 11) is 2.19. The number of amides is 1. The molecule has 0 unspecified atom stereocenters.